The van der Waals surface area contributed by atoms with Gasteiger partial charge >= 0.3 is 136 Å². The zero-order chi connectivity index (χ0) is 15.4. The molecule has 0 saturated carbocycles. The second kappa shape index (κ2) is 4.67. The topological polar surface area (TPSA) is 0 Å². The van der Waals surface area contributed by atoms with Crippen LogP contribution < -0.4 is 0 Å². The summed E-state index contributed by atoms with van der Waals surface area (Å²) in [5.41, 5.74) is 5.96. The summed E-state index contributed by atoms with van der Waals surface area (Å²) in [6.45, 7) is 0. The minimum absolute atomic E-state index is 0.632. The Kier molecular flexibility index (Phi) is 3.07. The molecule has 110 valence electrons. The van der Waals surface area contributed by atoms with Crippen LogP contribution in [0.1, 0.15) is 30.7 Å². The summed E-state index contributed by atoms with van der Waals surface area (Å²) < 4.78 is 1.26. The van der Waals surface area contributed by atoms with Crippen LogP contribution in [-0.4, -0.2) is 7.63 Å². The van der Waals surface area contributed by atoms with Crippen LogP contribution in [0.4, 0.5) is 0 Å². The summed E-state index contributed by atoms with van der Waals surface area (Å²) in [6.07, 6.45) is 9.66. The van der Waals surface area contributed by atoms with Crippen molar-refractivity contribution in [3.63, 3.8) is 0 Å². The molecule has 4 rings (SSSR count). The van der Waals surface area contributed by atoms with Crippen molar-refractivity contribution in [1.29, 1.82) is 0 Å². The van der Waals surface area contributed by atoms with Gasteiger partial charge in [0.1, 0.15) is 0 Å². The van der Waals surface area contributed by atoms with Crippen molar-refractivity contribution in [2.24, 2.45) is 0 Å². The van der Waals surface area contributed by atoms with Crippen LogP contribution in [0, 0.1) is 0 Å². The third kappa shape index (κ3) is 2.00. The fourth-order valence-electron chi connectivity index (χ4n) is 4.35. The van der Waals surface area contributed by atoms with E-state index in [0.29, 0.717) is 8.45 Å². The molecule has 0 N–H and O–H groups in total. The molecule has 2 aliphatic rings. The van der Waals surface area contributed by atoms with E-state index in [1.54, 1.807) is 11.1 Å². The van der Waals surface area contributed by atoms with Crippen molar-refractivity contribution in [1.82, 2.24) is 0 Å². The second-order valence-electron chi connectivity index (χ2n) is 7.87. The molecule has 2 aromatic rings. The van der Waals surface area contributed by atoms with Gasteiger partial charge in [0.2, 0.25) is 0 Å². The Bertz CT molecular complexity index is 815. The second-order valence-corrected chi connectivity index (χ2v) is 28.2. The average molecular weight is 338 g/mol. The third-order valence-electron chi connectivity index (χ3n) is 5.64. The number of allylic oxidation sites excluding steroid dienone is 2. The normalized spacial score (nSPS) is 22.7. The zero-order valence-corrected chi connectivity index (χ0v) is 16.3. The van der Waals surface area contributed by atoms with Gasteiger partial charge in [0.15, 0.2) is 0 Å². The third-order valence-corrected chi connectivity index (χ3v) is 17.2. The van der Waals surface area contributed by atoms with E-state index in [0.717, 1.165) is 0 Å². The monoisotopic (exact) mass is 338 g/mol. The van der Waals surface area contributed by atoms with Gasteiger partial charge in [-0.3, -0.25) is 0 Å². The average Bonchev–Trinajstić information content (AvgIpc) is 3.12. The van der Waals surface area contributed by atoms with E-state index >= 15 is 0 Å². The molecule has 0 spiro atoms. The van der Waals surface area contributed by atoms with Crippen molar-refractivity contribution in [3.05, 3.63) is 82.9 Å². The summed E-state index contributed by atoms with van der Waals surface area (Å²) >= 11 is -2.78. The molecule has 0 aliphatic heterocycles. The van der Waals surface area contributed by atoms with Gasteiger partial charge in [-0.05, 0) is 0 Å². The zero-order valence-electron chi connectivity index (χ0n) is 13.3. The summed E-state index contributed by atoms with van der Waals surface area (Å²) in [4.78, 5) is 0. The summed E-state index contributed by atoms with van der Waals surface area (Å²) in [5, 5.41) is 5.26. The molecule has 22 heavy (non-hydrogen) atoms. The van der Waals surface area contributed by atoms with E-state index < -0.39 is 14.0 Å². The first kappa shape index (κ1) is 14.4. The predicted molar refractivity (Wildman–Crippen MR) is 96.7 cm³/mol. The summed E-state index contributed by atoms with van der Waals surface area (Å²) in [5.74, 6) is 0. The van der Waals surface area contributed by atoms with E-state index in [1.165, 1.54) is 11.1 Å². The van der Waals surface area contributed by atoms with Crippen LogP contribution in [0.25, 0.3) is 12.2 Å². The van der Waals surface area contributed by atoms with Crippen LogP contribution in [0.3, 0.4) is 0 Å². The Hall–Kier alpha value is -1.15. The Morgan fingerprint density at radius 2 is 1.14 bits per heavy atom. The molecule has 2 heteroatoms. The maximum atomic E-state index is 2.63. The van der Waals surface area contributed by atoms with E-state index in [9.17, 15) is 0 Å². The van der Waals surface area contributed by atoms with Crippen LogP contribution in [0.5, 0.6) is 0 Å². The predicted octanol–water partition coefficient (Wildman–Crippen LogP) is 4.86. The molecule has 0 nitrogen and oxygen atoms in total. The number of benzene rings is 2. The molecule has 0 radical (unpaired) electrons. The SMILES string of the molecule is [CH3][Ti]([CH3])(=[SiH2])([CH]1C=Cc2ccccc21)[CH]1C=Cc2ccccc21. The van der Waals surface area contributed by atoms with Gasteiger partial charge in [0.25, 0.3) is 0 Å². The van der Waals surface area contributed by atoms with Gasteiger partial charge in [0.05, 0.1) is 0 Å². The van der Waals surface area contributed by atoms with Crippen molar-refractivity contribution < 1.29 is 14.0 Å². The number of fused-ring (bicyclic) bond motifs is 2. The fraction of sp³-hybridized carbons (Fsp3) is 0.200. The van der Waals surface area contributed by atoms with Gasteiger partial charge in [-0.1, -0.05) is 0 Å². The van der Waals surface area contributed by atoms with Gasteiger partial charge in [-0.15, -0.1) is 0 Å². The van der Waals surface area contributed by atoms with Crippen molar-refractivity contribution in [2.45, 2.75) is 18.9 Å². The fourth-order valence-corrected chi connectivity index (χ4v) is 14.2. The van der Waals surface area contributed by atoms with Crippen LogP contribution in [0.15, 0.2) is 60.7 Å². The Morgan fingerprint density at radius 3 is 1.59 bits per heavy atom. The molecule has 0 heterocycles. The Labute approximate surface area is 135 Å². The Morgan fingerprint density at radius 1 is 0.727 bits per heavy atom. The quantitative estimate of drug-likeness (QED) is 0.686. The minimum atomic E-state index is -2.78. The molecule has 0 saturated heterocycles. The van der Waals surface area contributed by atoms with Crippen LogP contribution in [0.2, 0.25) is 10.5 Å². The first-order chi connectivity index (χ1) is 10.5. The number of hydrogen-bond acceptors (Lipinski definition) is 0. The standard InChI is InChI=1S/2C9H7.2CH3.H2Si.Ti/c2*1-2-5-9-7-3-6-8(9)4-1;;;;/h2*1-7H;2*1H3;1H2;. The van der Waals surface area contributed by atoms with E-state index in [1.807, 2.05) is 0 Å². The van der Waals surface area contributed by atoms with Gasteiger partial charge in [-0.25, -0.2) is 0 Å². The molecule has 2 aliphatic carbocycles. The molecule has 0 aromatic heterocycles. The van der Waals surface area contributed by atoms with Gasteiger partial charge < -0.3 is 0 Å². The van der Waals surface area contributed by atoms with Crippen molar-refractivity contribution in [2.75, 3.05) is 0 Å². The van der Waals surface area contributed by atoms with Crippen molar-refractivity contribution >= 4 is 19.8 Å². The molecule has 2 aromatic carbocycles. The number of rotatable bonds is 2. The molecule has 2 atom stereocenters. The molecular formula is C20H22SiTi. The molecule has 0 fully saturated rings. The Balaban J connectivity index is 1.86. The molecular weight excluding hydrogens is 316 g/mol. The van der Waals surface area contributed by atoms with Gasteiger partial charge in [0, 0.05) is 0 Å². The van der Waals surface area contributed by atoms with E-state index in [2.05, 4.69) is 90.9 Å². The van der Waals surface area contributed by atoms with Gasteiger partial charge in [-0.2, -0.15) is 0 Å². The van der Waals surface area contributed by atoms with Crippen molar-refractivity contribution in [3.8, 4) is 0 Å². The number of hydrogen-bond donors (Lipinski definition) is 0. The van der Waals surface area contributed by atoms with Crippen LogP contribution in [-0.2, 0) is 14.0 Å². The van der Waals surface area contributed by atoms with E-state index in [-0.39, 0.29) is 0 Å². The molecule has 2 unspecified atom stereocenters. The molecule has 0 amide bonds. The van der Waals surface area contributed by atoms with Crippen LogP contribution >= 0.6 is 0 Å². The molecule has 0 bridgehead atoms. The summed E-state index contributed by atoms with van der Waals surface area (Å²) in [7, 11) is 2.36. The summed E-state index contributed by atoms with van der Waals surface area (Å²) in [6, 6.07) is 17.9. The maximum absolute atomic E-state index is 2.78. The van der Waals surface area contributed by atoms with E-state index in [4.69, 9.17) is 0 Å². The first-order valence-corrected chi connectivity index (χ1v) is 17.0. The first-order valence-electron chi connectivity index (χ1n) is 8.07.